The molecular weight excluding hydrogens is 320 g/mol. The van der Waals surface area contributed by atoms with Crippen molar-refractivity contribution in [2.24, 2.45) is 0 Å². The van der Waals surface area contributed by atoms with Crippen molar-refractivity contribution >= 4 is 11.9 Å². The molecule has 1 aromatic rings. The van der Waals surface area contributed by atoms with Gasteiger partial charge in [0, 0.05) is 39.3 Å². The van der Waals surface area contributed by atoms with E-state index in [0.717, 1.165) is 38.5 Å². The van der Waals surface area contributed by atoms with E-state index in [4.69, 9.17) is 4.74 Å². The number of imide groups is 1. The first-order valence-electron chi connectivity index (χ1n) is 8.48. The number of hydrogen-bond acceptors (Lipinski definition) is 5. The first-order chi connectivity index (χ1) is 12.2. The molecule has 2 N–H and O–H groups in total. The lowest BCUT2D eigenvalue weighted by Gasteiger charge is -2.34. The van der Waals surface area contributed by atoms with E-state index in [9.17, 15) is 9.59 Å². The molecule has 25 heavy (non-hydrogen) atoms. The minimum Gasteiger partial charge on any atom is -0.492 e. The van der Waals surface area contributed by atoms with Crippen molar-refractivity contribution in [3.05, 3.63) is 43.0 Å². The highest BCUT2D eigenvalue weighted by atomic mass is 16.5. The maximum atomic E-state index is 11.8. The van der Waals surface area contributed by atoms with Gasteiger partial charge in [-0.2, -0.15) is 0 Å². The lowest BCUT2D eigenvalue weighted by Crippen LogP contribution is -2.51. The monoisotopic (exact) mass is 346 g/mol. The van der Waals surface area contributed by atoms with E-state index in [-0.39, 0.29) is 12.5 Å². The first-order valence-corrected chi connectivity index (χ1v) is 8.48. The molecule has 1 fully saturated rings. The van der Waals surface area contributed by atoms with E-state index in [0.29, 0.717) is 13.2 Å². The average molecular weight is 346 g/mol. The number of hydrogen-bond donors (Lipinski definition) is 2. The molecule has 1 saturated heterocycles. The zero-order chi connectivity index (χ0) is 17.9. The molecule has 2 rings (SSSR count). The quantitative estimate of drug-likeness (QED) is 0.678. The molecule has 1 aliphatic heterocycles. The number of piperazine rings is 1. The molecule has 136 valence electrons. The van der Waals surface area contributed by atoms with Gasteiger partial charge in [-0.25, -0.2) is 4.79 Å². The Bertz CT molecular complexity index is 557. The van der Waals surface area contributed by atoms with Crippen LogP contribution < -0.4 is 15.4 Å². The first kappa shape index (κ1) is 19.0. The van der Waals surface area contributed by atoms with Crippen molar-refractivity contribution in [1.82, 2.24) is 20.4 Å². The molecule has 0 unspecified atom stereocenters. The number of ether oxygens (including phenoxy) is 1. The van der Waals surface area contributed by atoms with Crippen LogP contribution in [0.25, 0.3) is 0 Å². The highest BCUT2D eigenvalue weighted by Crippen LogP contribution is 2.08. The largest absolute Gasteiger partial charge is 0.492 e. The molecule has 0 bridgehead atoms. The third-order valence-electron chi connectivity index (χ3n) is 3.91. The van der Waals surface area contributed by atoms with Gasteiger partial charge >= 0.3 is 6.03 Å². The minimum absolute atomic E-state index is 0.232. The van der Waals surface area contributed by atoms with Gasteiger partial charge in [-0.3, -0.25) is 19.9 Å². The summed E-state index contributed by atoms with van der Waals surface area (Å²) >= 11 is 0. The Morgan fingerprint density at radius 1 is 1.12 bits per heavy atom. The fraction of sp³-hybridized carbons (Fsp3) is 0.444. The highest BCUT2D eigenvalue weighted by molar-refractivity contribution is 5.95. The van der Waals surface area contributed by atoms with E-state index in [1.54, 1.807) is 6.08 Å². The second-order valence-electron chi connectivity index (χ2n) is 5.83. The van der Waals surface area contributed by atoms with Crippen LogP contribution in [0.5, 0.6) is 5.75 Å². The third kappa shape index (κ3) is 7.36. The topological polar surface area (TPSA) is 73.9 Å². The van der Waals surface area contributed by atoms with Gasteiger partial charge in [0.2, 0.25) is 5.91 Å². The Kier molecular flexibility index (Phi) is 7.94. The SMILES string of the molecule is C=CCNC(=O)NC(=O)CN1CCN(CCOc2ccccc2)CC1. The number of nitrogens with zero attached hydrogens (tertiary/aromatic N) is 2. The zero-order valence-corrected chi connectivity index (χ0v) is 14.4. The fourth-order valence-electron chi connectivity index (χ4n) is 2.56. The smallest absolute Gasteiger partial charge is 0.321 e. The maximum absolute atomic E-state index is 11.8. The van der Waals surface area contributed by atoms with Crippen molar-refractivity contribution in [2.75, 3.05) is 52.4 Å². The summed E-state index contributed by atoms with van der Waals surface area (Å²) in [4.78, 5) is 27.6. The summed E-state index contributed by atoms with van der Waals surface area (Å²) in [5, 5.41) is 4.83. The lowest BCUT2D eigenvalue weighted by atomic mass is 10.3. The molecule has 0 aliphatic carbocycles. The second kappa shape index (κ2) is 10.5. The number of rotatable bonds is 8. The molecular formula is C18H26N4O3. The van der Waals surface area contributed by atoms with Crippen LogP contribution >= 0.6 is 0 Å². The van der Waals surface area contributed by atoms with Crippen LogP contribution in [0.1, 0.15) is 0 Å². The van der Waals surface area contributed by atoms with Gasteiger partial charge in [0.1, 0.15) is 12.4 Å². The molecule has 7 nitrogen and oxygen atoms in total. The number of carbonyl (C=O) groups is 2. The number of amides is 3. The van der Waals surface area contributed by atoms with Gasteiger partial charge in [0.05, 0.1) is 6.54 Å². The predicted molar refractivity (Wildman–Crippen MR) is 96.6 cm³/mol. The van der Waals surface area contributed by atoms with Crippen molar-refractivity contribution in [3.63, 3.8) is 0 Å². The van der Waals surface area contributed by atoms with Crippen molar-refractivity contribution < 1.29 is 14.3 Å². The molecule has 0 atom stereocenters. The standard InChI is InChI=1S/C18H26N4O3/c1-2-8-19-18(24)20-17(23)15-22-11-9-21(10-12-22)13-14-25-16-6-4-3-5-7-16/h2-7H,1,8-15H2,(H2,19,20,23,24). The summed E-state index contributed by atoms with van der Waals surface area (Å²) in [5.74, 6) is 0.593. The Morgan fingerprint density at radius 3 is 2.48 bits per heavy atom. The summed E-state index contributed by atoms with van der Waals surface area (Å²) < 4.78 is 5.71. The summed E-state index contributed by atoms with van der Waals surface area (Å²) in [6.07, 6.45) is 1.56. The summed E-state index contributed by atoms with van der Waals surface area (Å²) in [7, 11) is 0. The molecule has 1 heterocycles. The van der Waals surface area contributed by atoms with E-state index >= 15 is 0 Å². The lowest BCUT2D eigenvalue weighted by molar-refractivity contribution is -0.121. The van der Waals surface area contributed by atoms with Gasteiger partial charge in [0.15, 0.2) is 0 Å². The van der Waals surface area contributed by atoms with Crippen molar-refractivity contribution in [3.8, 4) is 5.75 Å². The molecule has 3 amide bonds. The van der Waals surface area contributed by atoms with Crippen LogP contribution in [0.15, 0.2) is 43.0 Å². The fourth-order valence-corrected chi connectivity index (χ4v) is 2.56. The van der Waals surface area contributed by atoms with Crippen molar-refractivity contribution in [1.29, 1.82) is 0 Å². The van der Waals surface area contributed by atoms with E-state index in [1.807, 2.05) is 35.2 Å². The van der Waals surface area contributed by atoms with Crippen LogP contribution in [0, 0.1) is 0 Å². The number of benzene rings is 1. The third-order valence-corrected chi connectivity index (χ3v) is 3.91. The number of para-hydroxylation sites is 1. The molecule has 0 saturated carbocycles. The molecule has 0 aromatic heterocycles. The Hall–Kier alpha value is -2.38. The van der Waals surface area contributed by atoms with E-state index < -0.39 is 6.03 Å². The van der Waals surface area contributed by atoms with Gasteiger partial charge in [-0.15, -0.1) is 6.58 Å². The Labute approximate surface area is 148 Å². The van der Waals surface area contributed by atoms with Crippen molar-refractivity contribution in [2.45, 2.75) is 0 Å². The highest BCUT2D eigenvalue weighted by Gasteiger charge is 2.19. The molecule has 1 aliphatic rings. The molecule has 0 spiro atoms. The number of carbonyl (C=O) groups excluding carboxylic acids is 2. The van der Waals surface area contributed by atoms with Crippen LogP contribution in [0.4, 0.5) is 4.79 Å². The molecule has 0 radical (unpaired) electrons. The number of nitrogens with one attached hydrogen (secondary N) is 2. The van der Waals surface area contributed by atoms with Gasteiger partial charge in [-0.1, -0.05) is 24.3 Å². The van der Waals surface area contributed by atoms with Gasteiger partial charge < -0.3 is 10.1 Å². The van der Waals surface area contributed by atoms with Crippen LogP contribution in [0.3, 0.4) is 0 Å². The molecule has 1 aromatic carbocycles. The average Bonchev–Trinajstić information content (AvgIpc) is 2.62. The van der Waals surface area contributed by atoms with Gasteiger partial charge in [0.25, 0.3) is 0 Å². The summed E-state index contributed by atoms with van der Waals surface area (Å²) in [6.45, 7) is 8.94. The second-order valence-corrected chi connectivity index (χ2v) is 5.83. The molecule has 7 heteroatoms. The summed E-state index contributed by atoms with van der Waals surface area (Å²) in [6, 6.07) is 9.28. The predicted octanol–water partition coefficient (Wildman–Crippen LogP) is 0.695. The maximum Gasteiger partial charge on any atom is 0.321 e. The van der Waals surface area contributed by atoms with E-state index in [2.05, 4.69) is 22.1 Å². The Morgan fingerprint density at radius 2 is 1.80 bits per heavy atom. The van der Waals surface area contributed by atoms with Crippen LogP contribution in [0.2, 0.25) is 0 Å². The number of urea groups is 1. The van der Waals surface area contributed by atoms with Crippen LogP contribution in [-0.4, -0.2) is 74.2 Å². The zero-order valence-electron chi connectivity index (χ0n) is 14.4. The minimum atomic E-state index is -0.485. The van der Waals surface area contributed by atoms with Gasteiger partial charge in [-0.05, 0) is 12.1 Å². The van der Waals surface area contributed by atoms with E-state index in [1.165, 1.54) is 0 Å². The summed E-state index contributed by atoms with van der Waals surface area (Å²) in [5.41, 5.74) is 0. The normalized spacial score (nSPS) is 15.4. The van der Waals surface area contributed by atoms with Crippen LogP contribution in [-0.2, 0) is 4.79 Å². The Balaban J connectivity index is 1.58.